The Bertz CT molecular complexity index is 608. The lowest BCUT2D eigenvalue weighted by atomic mass is 10.3. The molecule has 0 aliphatic carbocycles. The van der Waals surface area contributed by atoms with Gasteiger partial charge >= 0.3 is 5.97 Å². The molecule has 1 atom stereocenters. The molecule has 7 nitrogen and oxygen atoms in total. The monoisotopic (exact) mass is 315 g/mol. The van der Waals surface area contributed by atoms with Crippen molar-refractivity contribution in [2.75, 3.05) is 18.2 Å². The maximum Gasteiger partial charge on any atom is 0.321 e. The number of benzene rings is 1. The van der Waals surface area contributed by atoms with Crippen LogP contribution in [0.4, 0.5) is 5.69 Å². The van der Waals surface area contributed by atoms with Crippen molar-refractivity contribution in [1.29, 1.82) is 0 Å². The molecule has 0 spiro atoms. The zero-order chi connectivity index (χ0) is 16.0. The number of anilines is 1. The van der Waals surface area contributed by atoms with Gasteiger partial charge in [-0.05, 0) is 30.7 Å². The Morgan fingerprint density at radius 1 is 1.29 bits per heavy atom. The lowest BCUT2D eigenvalue weighted by Gasteiger charge is -2.11. The number of carboxylic acid groups (broad SMARTS) is 1. The Kier molecular flexibility index (Phi) is 5.71. The zero-order valence-electron chi connectivity index (χ0n) is 11.7. The lowest BCUT2D eigenvalue weighted by Crippen LogP contribution is -2.35. The van der Waals surface area contributed by atoms with Crippen molar-refractivity contribution in [1.82, 2.24) is 0 Å². The quantitative estimate of drug-likeness (QED) is 0.774. The SMILES string of the molecule is CCC(C(=O)O)S(=O)(=O)CC(=O)Nc1ccc(OC)cc1. The highest BCUT2D eigenvalue weighted by Crippen LogP contribution is 2.15. The summed E-state index contributed by atoms with van der Waals surface area (Å²) in [6.45, 7) is 1.44. The fourth-order valence-electron chi connectivity index (χ4n) is 1.74. The number of hydrogen-bond donors (Lipinski definition) is 2. The predicted molar refractivity (Wildman–Crippen MR) is 77.1 cm³/mol. The van der Waals surface area contributed by atoms with E-state index in [9.17, 15) is 18.0 Å². The summed E-state index contributed by atoms with van der Waals surface area (Å²) >= 11 is 0. The van der Waals surface area contributed by atoms with Crippen molar-refractivity contribution >= 4 is 27.4 Å². The van der Waals surface area contributed by atoms with Gasteiger partial charge in [0, 0.05) is 5.69 Å². The molecule has 0 saturated heterocycles. The molecule has 0 heterocycles. The Hall–Kier alpha value is -2.09. The summed E-state index contributed by atoms with van der Waals surface area (Å²) in [4.78, 5) is 22.6. The van der Waals surface area contributed by atoms with E-state index in [4.69, 9.17) is 9.84 Å². The normalized spacial score (nSPS) is 12.5. The van der Waals surface area contributed by atoms with Crippen molar-refractivity contribution in [3.8, 4) is 5.75 Å². The number of amides is 1. The van der Waals surface area contributed by atoms with E-state index < -0.39 is 32.7 Å². The van der Waals surface area contributed by atoms with Gasteiger partial charge in [0.15, 0.2) is 15.1 Å². The second kappa shape index (κ2) is 7.07. The highest BCUT2D eigenvalue weighted by atomic mass is 32.2. The summed E-state index contributed by atoms with van der Waals surface area (Å²) in [7, 11) is -2.54. The van der Waals surface area contributed by atoms with Crippen LogP contribution >= 0.6 is 0 Å². The van der Waals surface area contributed by atoms with Gasteiger partial charge in [0.2, 0.25) is 5.91 Å². The number of carboxylic acids is 1. The predicted octanol–water partition coefficient (Wildman–Crippen LogP) is 0.912. The van der Waals surface area contributed by atoms with Crippen molar-refractivity contribution in [3.63, 3.8) is 0 Å². The van der Waals surface area contributed by atoms with Crippen LogP contribution in [0.25, 0.3) is 0 Å². The van der Waals surface area contributed by atoms with Gasteiger partial charge in [0.05, 0.1) is 7.11 Å². The summed E-state index contributed by atoms with van der Waals surface area (Å²) in [5, 5.41) is 9.67. The molecule has 0 fully saturated rings. The van der Waals surface area contributed by atoms with Gasteiger partial charge in [0.25, 0.3) is 0 Å². The fourth-order valence-corrected chi connectivity index (χ4v) is 3.19. The molecule has 8 heteroatoms. The Labute approximate surface area is 122 Å². The molecule has 1 aromatic carbocycles. The minimum absolute atomic E-state index is 0.0898. The summed E-state index contributed by atoms with van der Waals surface area (Å²) < 4.78 is 28.6. The fraction of sp³-hybridized carbons (Fsp3) is 0.385. The smallest absolute Gasteiger partial charge is 0.321 e. The van der Waals surface area contributed by atoms with E-state index in [0.29, 0.717) is 11.4 Å². The maximum atomic E-state index is 11.8. The Balaban J connectivity index is 2.74. The molecular formula is C13H17NO6S. The molecule has 0 saturated carbocycles. The molecule has 0 aliphatic heterocycles. The minimum atomic E-state index is -4.04. The van der Waals surface area contributed by atoms with E-state index in [-0.39, 0.29) is 6.42 Å². The molecule has 1 rings (SSSR count). The maximum absolute atomic E-state index is 11.8. The molecular weight excluding hydrogens is 298 g/mol. The van der Waals surface area contributed by atoms with Crippen LogP contribution in [0.5, 0.6) is 5.75 Å². The number of aliphatic carboxylic acids is 1. The molecule has 0 bridgehead atoms. The Morgan fingerprint density at radius 2 is 1.86 bits per heavy atom. The summed E-state index contributed by atoms with van der Waals surface area (Å²) in [6.07, 6.45) is -0.0898. The third-order valence-electron chi connectivity index (χ3n) is 2.79. The first-order valence-electron chi connectivity index (χ1n) is 6.18. The van der Waals surface area contributed by atoms with Crippen molar-refractivity contribution < 1.29 is 27.9 Å². The van der Waals surface area contributed by atoms with Crippen molar-refractivity contribution in [2.24, 2.45) is 0 Å². The third kappa shape index (κ3) is 4.75. The topological polar surface area (TPSA) is 110 Å². The van der Waals surface area contributed by atoms with Crippen molar-refractivity contribution in [3.05, 3.63) is 24.3 Å². The number of nitrogens with one attached hydrogen (secondary N) is 1. The first-order valence-corrected chi connectivity index (χ1v) is 7.90. The summed E-state index contributed by atoms with van der Waals surface area (Å²) in [6, 6.07) is 6.32. The number of hydrogen-bond acceptors (Lipinski definition) is 5. The van der Waals surface area contributed by atoms with Gasteiger partial charge in [-0.2, -0.15) is 0 Å². The molecule has 1 aromatic rings. The van der Waals surface area contributed by atoms with E-state index in [1.54, 1.807) is 24.3 Å². The molecule has 21 heavy (non-hydrogen) atoms. The van der Waals surface area contributed by atoms with Crippen LogP contribution in [0.1, 0.15) is 13.3 Å². The molecule has 0 aliphatic rings. The van der Waals surface area contributed by atoms with Gasteiger partial charge in [-0.3, -0.25) is 9.59 Å². The van der Waals surface area contributed by atoms with Crippen LogP contribution in [-0.2, 0) is 19.4 Å². The van der Waals surface area contributed by atoms with Gasteiger partial charge in [-0.1, -0.05) is 6.92 Å². The number of sulfone groups is 1. The largest absolute Gasteiger partial charge is 0.497 e. The highest BCUT2D eigenvalue weighted by molar-refractivity contribution is 7.93. The average Bonchev–Trinajstić information content (AvgIpc) is 2.38. The van der Waals surface area contributed by atoms with Gasteiger partial charge in [-0.15, -0.1) is 0 Å². The van der Waals surface area contributed by atoms with Crippen molar-refractivity contribution in [2.45, 2.75) is 18.6 Å². The number of ether oxygens (including phenoxy) is 1. The number of carbonyl (C=O) groups is 2. The van der Waals surface area contributed by atoms with Crippen LogP contribution in [0.15, 0.2) is 24.3 Å². The molecule has 1 amide bonds. The first kappa shape index (κ1) is 17.0. The van der Waals surface area contributed by atoms with Crippen LogP contribution in [0, 0.1) is 0 Å². The molecule has 0 radical (unpaired) electrons. The van der Waals surface area contributed by atoms with Crippen LogP contribution in [-0.4, -0.2) is 43.5 Å². The van der Waals surface area contributed by atoms with E-state index in [0.717, 1.165) is 0 Å². The minimum Gasteiger partial charge on any atom is -0.497 e. The lowest BCUT2D eigenvalue weighted by molar-refractivity contribution is -0.136. The number of carbonyl (C=O) groups excluding carboxylic acids is 1. The van der Waals surface area contributed by atoms with Gasteiger partial charge in [0.1, 0.15) is 11.5 Å². The molecule has 116 valence electrons. The van der Waals surface area contributed by atoms with E-state index in [1.807, 2.05) is 0 Å². The van der Waals surface area contributed by atoms with Gasteiger partial charge < -0.3 is 15.2 Å². The number of rotatable bonds is 7. The van der Waals surface area contributed by atoms with E-state index >= 15 is 0 Å². The zero-order valence-corrected chi connectivity index (χ0v) is 12.5. The van der Waals surface area contributed by atoms with Crippen LogP contribution < -0.4 is 10.1 Å². The molecule has 1 unspecified atom stereocenters. The average molecular weight is 315 g/mol. The molecule has 0 aromatic heterocycles. The second-order valence-electron chi connectivity index (χ2n) is 4.32. The summed E-state index contributed by atoms with van der Waals surface area (Å²) in [5.41, 5.74) is 0.402. The molecule has 2 N–H and O–H groups in total. The summed E-state index contributed by atoms with van der Waals surface area (Å²) in [5.74, 6) is -2.50. The third-order valence-corrected chi connectivity index (χ3v) is 4.85. The van der Waals surface area contributed by atoms with Gasteiger partial charge in [-0.25, -0.2) is 8.42 Å². The second-order valence-corrected chi connectivity index (χ2v) is 6.50. The van der Waals surface area contributed by atoms with E-state index in [1.165, 1.54) is 14.0 Å². The number of methoxy groups -OCH3 is 1. The Morgan fingerprint density at radius 3 is 2.29 bits per heavy atom. The van der Waals surface area contributed by atoms with E-state index in [2.05, 4.69) is 5.32 Å². The highest BCUT2D eigenvalue weighted by Gasteiger charge is 2.32. The standard InChI is InChI=1S/C13H17NO6S/c1-3-11(13(16)17)21(18,19)8-12(15)14-9-4-6-10(20-2)7-5-9/h4-7,11H,3,8H2,1-2H3,(H,14,15)(H,16,17). The first-order chi connectivity index (χ1) is 9.80. The van der Waals surface area contributed by atoms with Crippen LogP contribution in [0.3, 0.4) is 0 Å². The van der Waals surface area contributed by atoms with Crippen LogP contribution in [0.2, 0.25) is 0 Å².